The van der Waals surface area contributed by atoms with E-state index in [1.54, 1.807) is 40.9 Å². The number of nitriles is 2. The Morgan fingerprint density at radius 1 is 0.388 bits per heavy atom. The quantitative estimate of drug-likeness (QED) is 0.0118. The van der Waals surface area contributed by atoms with Crippen molar-refractivity contribution in [2.24, 2.45) is 0 Å². The Morgan fingerprint density at radius 2 is 0.669 bits per heavy atom. The lowest BCUT2D eigenvalue weighted by atomic mass is 9.90. The molecule has 3 aromatic carbocycles. The smallest absolute Gasteiger partial charge is 0.336 e. The van der Waals surface area contributed by atoms with E-state index < -0.39 is 17.2 Å². The predicted octanol–water partition coefficient (Wildman–Crippen LogP) is 30.1. The van der Waals surface area contributed by atoms with Crippen LogP contribution < -0.4 is 47.7 Å². The summed E-state index contributed by atoms with van der Waals surface area (Å²) in [5, 5.41) is 39.0. The molecule has 0 aliphatic carbocycles. The molecule has 2 atom stereocenters. The first-order valence-corrected chi connectivity index (χ1v) is 52.3. The Morgan fingerprint density at radius 3 is 0.928 bits per heavy atom. The number of ether oxygens (including phenoxy) is 10. The average Bonchev–Trinajstić information content (AvgIpc) is 1.61. The van der Waals surface area contributed by atoms with Gasteiger partial charge >= 0.3 is 5.97 Å². The Labute approximate surface area is 841 Å². The Kier molecular flexibility index (Phi) is 48.8. The van der Waals surface area contributed by atoms with Gasteiger partial charge in [-0.1, -0.05) is 174 Å². The van der Waals surface area contributed by atoms with Crippen molar-refractivity contribution in [1.29, 1.82) is 10.5 Å². The van der Waals surface area contributed by atoms with Crippen LogP contribution in [0, 0.1) is 49.0 Å². The lowest BCUT2D eigenvalue weighted by molar-refractivity contribution is -0.304. The van der Waals surface area contributed by atoms with Crippen LogP contribution in [0.3, 0.4) is 0 Å². The van der Waals surface area contributed by atoms with E-state index in [0.29, 0.717) is 124 Å². The fourth-order valence-electron chi connectivity index (χ4n) is 15.0. The molecular weight excluding hydrogens is 1830 g/mol. The number of aliphatic hydroxyl groups is 1. The summed E-state index contributed by atoms with van der Waals surface area (Å²) in [6.07, 6.45) is 40.5. The second-order valence-corrected chi connectivity index (χ2v) is 37.6. The van der Waals surface area contributed by atoms with E-state index in [4.69, 9.17) is 83.4 Å². The molecule has 0 fully saturated rings. The number of unbranched alkanes of at least 4 members (excludes halogenated alkanes) is 8. The van der Waals surface area contributed by atoms with Gasteiger partial charge in [-0.3, -0.25) is 0 Å². The van der Waals surface area contributed by atoms with Crippen molar-refractivity contribution in [3.8, 4) is 58.1 Å². The van der Waals surface area contributed by atoms with Crippen molar-refractivity contribution in [2.45, 2.75) is 243 Å². The van der Waals surface area contributed by atoms with E-state index in [2.05, 4.69) is 209 Å². The Balaban J connectivity index is 0.000000345. The highest BCUT2D eigenvalue weighted by Crippen LogP contribution is 2.53. The molecule has 0 saturated heterocycles. The van der Waals surface area contributed by atoms with Crippen molar-refractivity contribution in [1.82, 2.24) is 0 Å². The SMILES string of the molecule is [C-]#[N+]C1=C(/C=C/c2sc(/C=C/c3sc(/C=C/c4ccc(N(CC)CC)cc4)c(OCCCC)c3OCCCC)c(OCCCC)c2OCCCC)C(C)(CCCO)O/C1=C(\C#N)[N+]#[C-].[C-]#[N+]C1=C(/C=C/c2sc(/C=C/c3sc(/C=C/c4ccc(N(CC)CC)cc4)c(OCCCC)c3OCCCC)c(OCCCC)c2OCCCC)C(C)(CCCOOCc2ccccc2C(=O)O)O/C1=C(\C#N)[N+]#[C-]. The van der Waals surface area contributed by atoms with Crippen LogP contribution in [-0.4, -0.2) is 120 Å². The number of carboxylic acid groups (broad SMARTS) is 1. The number of nitrogens with zero attached hydrogens (tertiary/aromatic N) is 8. The fourth-order valence-corrected chi connectivity index (χ4v) is 19.0. The van der Waals surface area contributed by atoms with Gasteiger partial charge in [0.25, 0.3) is 11.4 Å². The molecule has 0 bridgehead atoms. The maximum Gasteiger partial charge on any atom is 0.336 e. The first-order valence-electron chi connectivity index (χ1n) is 49.1. The van der Waals surface area contributed by atoms with Gasteiger partial charge in [0.05, 0.1) is 142 Å². The second-order valence-electron chi connectivity index (χ2n) is 33.3. The molecule has 6 heterocycles. The zero-order valence-corrected chi connectivity index (χ0v) is 86.8. The minimum atomic E-state index is -1.15. The number of thiophene rings is 4. The Bertz CT molecular complexity index is 5680. The largest absolute Gasteiger partial charge is 0.505 e. The van der Waals surface area contributed by atoms with Crippen LogP contribution in [0.5, 0.6) is 46.0 Å². The molecule has 740 valence electrons. The number of anilines is 2. The highest BCUT2D eigenvalue weighted by molar-refractivity contribution is 7.16. The standard InChI is InChI=1S/C60H72N4O9S2.C52H66N4O6S2/c1-10-16-36-67-55-49(31-27-43-25-28-45(29-26-43)64(14-5)15-6)74-51(57(55)69-38-18-12-3)33-34-52-58(70-39-19-13-4)56(68-37-17-11-2)50(75-52)32-30-47-53(63-9)54(48(41-61)62-8)73-60(47,7)35-22-40-71-72-42-44-23-20-21-24-46(44)59(65)66;1-10-16-33-58-48-42(27-23-38-21-24-39(25-22-38)56(14-5)15-6)63-44(50(48)60-35-18-12-3)29-30-45-51(61-36-19-13-4)49(59-34-17-11-2)43(64-45)28-26-40-46(55-9)47(41(37-53)54-8)62-52(40,7)31-20-32-57/h20-21,23-34H,10-19,22,35-40,42H2,1-7H3,(H,65,66);21-30,57H,10-20,31-36H2,1-7H3/b31-27+,32-30+,34-33+,54-48+;27-23+,28-26+,30-29+,47-41+. The summed E-state index contributed by atoms with van der Waals surface area (Å²) in [6.45, 7) is 69.0. The molecule has 2 N–H and O–H groups in total. The molecule has 7 aromatic rings. The predicted molar refractivity (Wildman–Crippen MR) is 569 cm³/mol. The summed E-state index contributed by atoms with van der Waals surface area (Å²) < 4.78 is 65.3. The average molecular weight is 1960 g/mol. The molecule has 23 nitrogen and oxygen atoms in total. The van der Waals surface area contributed by atoms with E-state index in [0.717, 1.165) is 196 Å². The molecule has 4 aromatic heterocycles. The highest BCUT2D eigenvalue weighted by Gasteiger charge is 2.44. The van der Waals surface area contributed by atoms with Gasteiger partial charge in [0, 0.05) is 55.3 Å². The van der Waals surface area contributed by atoms with Gasteiger partial charge in [0.2, 0.25) is 11.4 Å². The number of hydrogen-bond donors (Lipinski definition) is 2. The maximum atomic E-state index is 11.7. The molecule has 2 aliphatic heterocycles. The van der Waals surface area contributed by atoms with Crippen molar-refractivity contribution in [2.75, 3.05) is 102 Å². The van der Waals surface area contributed by atoms with Crippen LogP contribution >= 0.6 is 45.3 Å². The van der Waals surface area contributed by atoms with E-state index in [1.165, 1.54) is 40.1 Å². The van der Waals surface area contributed by atoms with Crippen LogP contribution in [0.25, 0.3) is 80.1 Å². The molecular formula is C112H138N8O15S4. The normalized spacial score (nSPS) is 15.3. The fraction of sp³-hybridized carbons (Fsp3) is 0.455. The van der Waals surface area contributed by atoms with Crippen molar-refractivity contribution in [3.05, 3.63) is 237 Å². The van der Waals surface area contributed by atoms with Gasteiger partial charge < -0.3 is 67.4 Å². The summed E-state index contributed by atoms with van der Waals surface area (Å²) in [7, 11) is 0. The summed E-state index contributed by atoms with van der Waals surface area (Å²) in [5.74, 6) is 4.22. The van der Waals surface area contributed by atoms with Gasteiger partial charge in [-0.2, -0.15) is 0 Å². The third kappa shape index (κ3) is 31.9. The van der Waals surface area contributed by atoms with Crippen LogP contribution in [-0.2, 0) is 25.9 Å². The number of aliphatic hydroxyl groups excluding tert-OH is 1. The third-order valence-electron chi connectivity index (χ3n) is 23.0. The van der Waals surface area contributed by atoms with E-state index >= 15 is 0 Å². The maximum absolute atomic E-state index is 11.7. The zero-order chi connectivity index (χ0) is 100. The molecule has 9 rings (SSSR count). The third-order valence-corrected chi connectivity index (χ3v) is 27.3. The first kappa shape index (κ1) is 112. The van der Waals surface area contributed by atoms with E-state index in [9.17, 15) is 25.5 Å². The lowest BCUT2D eigenvalue weighted by Gasteiger charge is -2.27. The van der Waals surface area contributed by atoms with Gasteiger partial charge in [-0.15, -0.1) is 45.3 Å². The monoisotopic (exact) mass is 1960 g/mol. The van der Waals surface area contributed by atoms with E-state index in [-0.39, 0.29) is 59.7 Å². The van der Waals surface area contributed by atoms with Gasteiger partial charge in [-0.25, -0.2) is 44.5 Å². The van der Waals surface area contributed by atoms with Crippen molar-refractivity contribution in [3.63, 3.8) is 0 Å². The Hall–Kier alpha value is -12.3. The summed E-state index contributed by atoms with van der Waals surface area (Å²) in [6, 6.07) is 27.6. The van der Waals surface area contributed by atoms with Crippen LogP contribution in [0.15, 0.2) is 130 Å². The molecule has 139 heavy (non-hydrogen) atoms. The molecule has 0 saturated carbocycles. The zero-order valence-electron chi connectivity index (χ0n) is 83.5. The van der Waals surface area contributed by atoms with Gasteiger partial charge in [0.15, 0.2) is 46.0 Å². The number of carbonyl (C=O) groups is 1. The molecule has 27 heteroatoms. The summed E-state index contributed by atoms with van der Waals surface area (Å²) >= 11 is 6.24. The van der Waals surface area contributed by atoms with Gasteiger partial charge in [-0.05, 0) is 214 Å². The second kappa shape index (κ2) is 60.6. The minimum Gasteiger partial charge on any atom is -0.505 e. The number of benzene rings is 3. The topological polar surface area (TPSA) is 240 Å². The molecule has 2 unspecified atom stereocenters. The molecule has 0 amide bonds. The van der Waals surface area contributed by atoms with Crippen LogP contribution in [0.2, 0.25) is 0 Å². The molecule has 2 aliphatic rings. The van der Waals surface area contributed by atoms with Gasteiger partial charge in [0.1, 0.15) is 29.3 Å². The number of aromatic carboxylic acids is 1. The minimum absolute atomic E-state index is 0.0289. The molecule has 0 radical (unpaired) electrons. The summed E-state index contributed by atoms with van der Waals surface area (Å²) in [5.41, 5.74) is 3.58. The van der Waals surface area contributed by atoms with Crippen molar-refractivity contribution < 1.29 is 72.2 Å². The van der Waals surface area contributed by atoms with Crippen LogP contribution in [0.1, 0.15) is 291 Å². The molecule has 0 spiro atoms. The highest BCUT2D eigenvalue weighted by atomic mass is 32.1. The lowest BCUT2D eigenvalue weighted by Crippen LogP contribution is -2.26. The van der Waals surface area contributed by atoms with Crippen LogP contribution in [0.4, 0.5) is 11.4 Å². The first-order chi connectivity index (χ1) is 67.7. The number of rotatable bonds is 61. The van der Waals surface area contributed by atoms with Crippen molar-refractivity contribution >= 4 is 123 Å². The number of allylic oxidation sites excluding steroid dienone is 2. The van der Waals surface area contributed by atoms with E-state index in [1.807, 2.05) is 50.3 Å². The number of carboxylic acids is 1. The summed E-state index contributed by atoms with van der Waals surface area (Å²) in [4.78, 5) is 48.6. The number of hydrogen-bond acceptors (Lipinski definition) is 22.